The molecule has 0 heterocycles. The van der Waals surface area contributed by atoms with Crippen molar-refractivity contribution in [3.8, 4) is 0 Å². The Bertz CT molecular complexity index is 987. The van der Waals surface area contributed by atoms with Gasteiger partial charge in [-0.3, -0.25) is 13.9 Å². The van der Waals surface area contributed by atoms with Gasteiger partial charge in [0.2, 0.25) is 10.0 Å². The summed E-state index contributed by atoms with van der Waals surface area (Å²) in [4.78, 5) is 25.2. The van der Waals surface area contributed by atoms with Gasteiger partial charge in [0.15, 0.2) is 0 Å². The van der Waals surface area contributed by atoms with Crippen LogP contribution in [0, 0.1) is 6.92 Å². The van der Waals surface area contributed by atoms with Crippen LogP contribution in [0.2, 0.25) is 0 Å². The fourth-order valence-electron chi connectivity index (χ4n) is 2.70. The molecule has 2 N–H and O–H groups in total. The van der Waals surface area contributed by atoms with Crippen molar-refractivity contribution in [1.29, 1.82) is 0 Å². The molecule has 150 valence electrons. The Kier molecular flexibility index (Phi) is 6.80. The number of nitrogens with zero attached hydrogens (tertiary/aromatic N) is 1. The van der Waals surface area contributed by atoms with Gasteiger partial charge in [0.05, 0.1) is 23.2 Å². The van der Waals surface area contributed by atoms with Crippen LogP contribution in [0.15, 0.2) is 42.5 Å². The summed E-state index contributed by atoms with van der Waals surface area (Å²) in [7, 11) is -2.02. The van der Waals surface area contributed by atoms with Crippen LogP contribution in [-0.4, -0.2) is 40.1 Å². The van der Waals surface area contributed by atoms with Crippen molar-refractivity contribution >= 4 is 33.2 Å². The molecule has 2 amide bonds. The first-order valence-corrected chi connectivity index (χ1v) is 10.7. The molecule has 0 spiro atoms. The van der Waals surface area contributed by atoms with Crippen LogP contribution in [0.3, 0.4) is 0 Å². The van der Waals surface area contributed by atoms with Crippen LogP contribution in [0.25, 0.3) is 0 Å². The van der Waals surface area contributed by atoms with Crippen LogP contribution in [0.1, 0.15) is 39.6 Å². The number of carbonyl (C=O) groups excluding carboxylic acids is 2. The number of rotatable bonds is 7. The third-order valence-electron chi connectivity index (χ3n) is 4.34. The number of sulfonamides is 1. The zero-order valence-electron chi connectivity index (χ0n) is 16.4. The van der Waals surface area contributed by atoms with Crippen LogP contribution in [-0.2, 0) is 10.0 Å². The average Bonchev–Trinajstić information content (AvgIpc) is 2.65. The fraction of sp³-hybridized carbons (Fsp3) is 0.300. The molecule has 7 nitrogen and oxygen atoms in total. The number of carbonyl (C=O) groups is 2. The maximum atomic E-state index is 12.8. The van der Waals surface area contributed by atoms with Crippen LogP contribution in [0.5, 0.6) is 0 Å². The number of hydrogen-bond acceptors (Lipinski definition) is 4. The molecule has 0 unspecified atom stereocenters. The highest BCUT2D eigenvalue weighted by atomic mass is 32.2. The predicted molar refractivity (Wildman–Crippen MR) is 111 cm³/mol. The van der Waals surface area contributed by atoms with E-state index in [0.29, 0.717) is 34.6 Å². The number of nitrogens with one attached hydrogen (secondary N) is 2. The summed E-state index contributed by atoms with van der Waals surface area (Å²) >= 11 is 0. The summed E-state index contributed by atoms with van der Waals surface area (Å²) in [6, 6.07) is 11.6. The zero-order chi connectivity index (χ0) is 20.9. The summed E-state index contributed by atoms with van der Waals surface area (Å²) in [5, 5.41) is 5.55. The normalized spacial score (nSPS) is 11.0. The van der Waals surface area contributed by atoms with E-state index in [9.17, 15) is 18.0 Å². The van der Waals surface area contributed by atoms with Gasteiger partial charge in [-0.15, -0.1) is 0 Å². The summed E-state index contributed by atoms with van der Waals surface area (Å²) < 4.78 is 24.8. The minimum atomic E-state index is -3.46. The molecule has 0 aliphatic carbocycles. The van der Waals surface area contributed by atoms with Crippen molar-refractivity contribution in [2.24, 2.45) is 0 Å². The third kappa shape index (κ3) is 4.89. The van der Waals surface area contributed by atoms with Gasteiger partial charge in [-0.25, -0.2) is 8.42 Å². The number of anilines is 2. The lowest BCUT2D eigenvalue weighted by atomic mass is 10.1. The fourth-order valence-corrected chi connectivity index (χ4v) is 3.26. The Labute approximate surface area is 165 Å². The Balaban J connectivity index is 2.34. The maximum absolute atomic E-state index is 12.8. The van der Waals surface area contributed by atoms with E-state index in [1.54, 1.807) is 49.4 Å². The van der Waals surface area contributed by atoms with Gasteiger partial charge in [0.1, 0.15) is 0 Å². The lowest BCUT2D eigenvalue weighted by Crippen LogP contribution is -2.27. The lowest BCUT2D eigenvalue weighted by molar-refractivity contribution is 0.0954. The molecule has 8 heteroatoms. The molecule has 0 aliphatic rings. The number of para-hydroxylation sites is 1. The molecular weight excluding hydrogens is 378 g/mol. The lowest BCUT2D eigenvalue weighted by Gasteiger charge is -2.20. The van der Waals surface area contributed by atoms with Gasteiger partial charge in [-0.2, -0.15) is 0 Å². The Morgan fingerprint density at radius 1 is 1.00 bits per heavy atom. The van der Waals surface area contributed by atoms with E-state index in [0.717, 1.165) is 17.0 Å². The van der Waals surface area contributed by atoms with Gasteiger partial charge >= 0.3 is 0 Å². The molecule has 28 heavy (non-hydrogen) atoms. The summed E-state index contributed by atoms with van der Waals surface area (Å²) in [5.74, 6) is -0.683. The van der Waals surface area contributed by atoms with Gasteiger partial charge in [-0.1, -0.05) is 25.1 Å². The van der Waals surface area contributed by atoms with Crippen LogP contribution < -0.4 is 14.9 Å². The van der Waals surface area contributed by atoms with E-state index < -0.39 is 15.9 Å². The summed E-state index contributed by atoms with van der Waals surface area (Å²) in [6.07, 6.45) is 1.91. The molecule has 0 aromatic heterocycles. The second-order valence-electron chi connectivity index (χ2n) is 6.44. The standard InChI is InChI=1S/C20H25N3O4S/c1-5-13-21-19(24)16-9-6-7-11-17(16)22-20(25)15-10-8-12-18(14(15)2)23(3)28(4,26)27/h6-12H,5,13H2,1-4H3,(H,21,24)(H,22,25). The van der Waals surface area contributed by atoms with E-state index in [4.69, 9.17) is 0 Å². The second kappa shape index (κ2) is 8.88. The van der Waals surface area contributed by atoms with E-state index in [1.807, 2.05) is 6.92 Å². The summed E-state index contributed by atoms with van der Waals surface area (Å²) in [6.45, 7) is 4.18. The van der Waals surface area contributed by atoms with Crippen molar-refractivity contribution < 1.29 is 18.0 Å². The summed E-state index contributed by atoms with van der Waals surface area (Å²) in [5.41, 5.74) is 2.04. The van der Waals surface area contributed by atoms with E-state index in [1.165, 1.54) is 7.05 Å². The topological polar surface area (TPSA) is 95.6 Å². The first-order valence-electron chi connectivity index (χ1n) is 8.89. The molecule has 0 saturated heterocycles. The quantitative estimate of drug-likeness (QED) is 0.743. The molecule has 0 saturated carbocycles. The van der Waals surface area contributed by atoms with Crippen LogP contribution >= 0.6 is 0 Å². The van der Waals surface area contributed by atoms with Gasteiger partial charge in [0, 0.05) is 19.2 Å². The van der Waals surface area contributed by atoms with E-state index in [2.05, 4.69) is 10.6 Å². The van der Waals surface area contributed by atoms with Gasteiger partial charge in [-0.05, 0) is 43.2 Å². The minimum absolute atomic E-state index is 0.264. The Hall–Kier alpha value is -2.87. The minimum Gasteiger partial charge on any atom is -0.352 e. The van der Waals surface area contributed by atoms with Crippen molar-refractivity contribution in [1.82, 2.24) is 5.32 Å². The Morgan fingerprint density at radius 2 is 1.64 bits per heavy atom. The van der Waals surface area contributed by atoms with Crippen molar-refractivity contribution in [3.05, 3.63) is 59.2 Å². The first-order chi connectivity index (χ1) is 13.2. The predicted octanol–water partition coefficient (Wildman–Crippen LogP) is 2.78. The van der Waals surface area contributed by atoms with Crippen LogP contribution in [0.4, 0.5) is 11.4 Å². The molecule has 0 radical (unpaired) electrons. The van der Waals surface area contributed by atoms with Gasteiger partial charge in [0.25, 0.3) is 11.8 Å². The Morgan fingerprint density at radius 3 is 2.29 bits per heavy atom. The van der Waals surface area contributed by atoms with Crippen molar-refractivity contribution in [2.75, 3.05) is 29.5 Å². The third-order valence-corrected chi connectivity index (χ3v) is 5.53. The highest BCUT2D eigenvalue weighted by molar-refractivity contribution is 7.92. The highest BCUT2D eigenvalue weighted by Gasteiger charge is 2.20. The molecule has 2 aromatic carbocycles. The molecule has 0 bridgehead atoms. The average molecular weight is 404 g/mol. The second-order valence-corrected chi connectivity index (χ2v) is 8.45. The van der Waals surface area contributed by atoms with Crippen molar-refractivity contribution in [2.45, 2.75) is 20.3 Å². The molecular formula is C20H25N3O4S. The maximum Gasteiger partial charge on any atom is 0.256 e. The van der Waals surface area contributed by atoms with Crippen molar-refractivity contribution in [3.63, 3.8) is 0 Å². The number of amides is 2. The largest absolute Gasteiger partial charge is 0.352 e. The number of benzene rings is 2. The number of hydrogen-bond donors (Lipinski definition) is 2. The smallest absolute Gasteiger partial charge is 0.256 e. The molecule has 2 rings (SSSR count). The zero-order valence-corrected chi connectivity index (χ0v) is 17.3. The van der Waals surface area contributed by atoms with Gasteiger partial charge < -0.3 is 10.6 Å². The monoisotopic (exact) mass is 403 g/mol. The molecule has 0 aliphatic heterocycles. The molecule has 2 aromatic rings. The molecule has 0 fully saturated rings. The highest BCUT2D eigenvalue weighted by Crippen LogP contribution is 2.25. The SMILES string of the molecule is CCCNC(=O)c1ccccc1NC(=O)c1cccc(N(C)S(C)(=O)=O)c1C. The first kappa shape index (κ1) is 21.4. The van der Waals surface area contributed by atoms with E-state index >= 15 is 0 Å². The molecule has 0 atom stereocenters. The van der Waals surface area contributed by atoms with E-state index in [-0.39, 0.29) is 5.91 Å².